The van der Waals surface area contributed by atoms with E-state index < -0.39 is 0 Å². The van der Waals surface area contributed by atoms with Crippen molar-refractivity contribution in [2.75, 3.05) is 41.3 Å². The van der Waals surface area contributed by atoms with Crippen LogP contribution in [0.15, 0.2) is 97.5 Å². The Kier molecular flexibility index (Phi) is 6.87. The number of amides is 1. The van der Waals surface area contributed by atoms with E-state index in [1.165, 1.54) is 5.69 Å². The smallest absolute Gasteiger partial charge is 0.224 e. The zero-order valence-electron chi connectivity index (χ0n) is 21.9. The van der Waals surface area contributed by atoms with E-state index >= 15 is 0 Å². The van der Waals surface area contributed by atoms with Gasteiger partial charge in [0.1, 0.15) is 5.82 Å². The molecule has 1 N–H and O–H groups in total. The van der Waals surface area contributed by atoms with Gasteiger partial charge in [-0.2, -0.15) is 0 Å². The van der Waals surface area contributed by atoms with E-state index in [1.807, 2.05) is 55.8 Å². The van der Waals surface area contributed by atoms with Gasteiger partial charge in [-0.05, 0) is 53.1 Å². The van der Waals surface area contributed by atoms with E-state index in [0.717, 1.165) is 71.0 Å². The van der Waals surface area contributed by atoms with Crippen molar-refractivity contribution in [1.82, 2.24) is 15.0 Å². The van der Waals surface area contributed by atoms with Gasteiger partial charge in [0, 0.05) is 61.9 Å². The van der Waals surface area contributed by atoms with Crippen molar-refractivity contribution in [3.8, 4) is 22.3 Å². The molecule has 6 rings (SSSR count). The van der Waals surface area contributed by atoms with E-state index in [4.69, 9.17) is 9.97 Å². The normalized spacial score (nSPS) is 13.5. The molecule has 1 fully saturated rings. The average Bonchev–Trinajstić information content (AvgIpc) is 3.01. The zero-order chi connectivity index (χ0) is 26.6. The number of aromatic nitrogens is 3. The van der Waals surface area contributed by atoms with Crippen LogP contribution in [0.5, 0.6) is 0 Å². The summed E-state index contributed by atoms with van der Waals surface area (Å²) < 4.78 is 0. The molecule has 1 aliphatic rings. The average molecular weight is 515 g/mol. The number of anilines is 3. The summed E-state index contributed by atoms with van der Waals surface area (Å²) in [7, 11) is 0. The van der Waals surface area contributed by atoms with Crippen molar-refractivity contribution in [2.24, 2.45) is 0 Å². The number of carbonyl (C=O) groups excluding carboxylic acids is 1. The molecular formula is C32H30N6O. The predicted octanol–water partition coefficient (Wildman–Crippen LogP) is 6.03. The van der Waals surface area contributed by atoms with Crippen molar-refractivity contribution in [1.29, 1.82) is 0 Å². The molecular weight excluding hydrogens is 484 g/mol. The Labute approximate surface area is 228 Å². The fourth-order valence-electron chi connectivity index (χ4n) is 5.01. The molecule has 7 nitrogen and oxygen atoms in total. The van der Waals surface area contributed by atoms with Gasteiger partial charge < -0.3 is 15.1 Å². The molecule has 0 spiro atoms. The maximum Gasteiger partial charge on any atom is 0.224 e. The molecule has 0 atom stereocenters. The Bertz CT molecular complexity index is 1600. The number of fused-ring (bicyclic) bond motifs is 1. The van der Waals surface area contributed by atoms with Gasteiger partial charge in [-0.3, -0.25) is 14.8 Å². The van der Waals surface area contributed by atoms with Crippen LogP contribution in [0, 0.1) is 0 Å². The second kappa shape index (κ2) is 10.9. The van der Waals surface area contributed by atoms with Crippen molar-refractivity contribution in [3.05, 3.63) is 97.5 Å². The zero-order valence-corrected chi connectivity index (χ0v) is 21.9. The number of benzene rings is 3. The number of nitrogens with zero attached hydrogens (tertiary/aromatic N) is 5. The summed E-state index contributed by atoms with van der Waals surface area (Å²) in [5.41, 5.74) is 7.91. The first-order valence-electron chi connectivity index (χ1n) is 13.3. The molecule has 194 valence electrons. The molecule has 3 heterocycles. The lowest BCUT2D eigenvalue weighted by Crippen LogP contribution is -2.46. The molecule has 1 aliphatic heterocycles. The van der Waals surface area contributed by atoms with Crippen LogP contribution in [-0.2, 0) is 4.79 Å². The second-order valence-corrected chi connectivity index (χ2v) is 9.64. The standard InChI is InChI=1S/C32H30N6O/c1-2-32(39)36-28-10-8-24(20-27(28)23-6-4-3-5-7-23)25-9-11-29-30(21-25)35-31(22-34-29)38-18-16-37(17-19-38)26-12-14-33-15-13-26/h3-15,20-22H,2,16-19H2,1H3,(H,36,39). The molecule has 2 aromatic heterocycles. The van der Waals surface area contributed by atoms with Crippen LogP contribution in [0.2, 0.25) is 0 Å². The minimum atomic E-state index is -0.00458. The summed E-state index contributed by atoms with van der Waals surface area (Å²) in [6.07, 6.45) is 5.99. The third-order valence-corrected chi connectivity index (χ3v) is 7.19. The van der Waals surface area contributed by atoms with E-state index in [0.29, 0.717) is 6.42 Å². The highest BCUT2D eigenvalue weighted by atomic mass is 16.1. The SMILES string of the molecule is CCC(=O)Nc1ccc(-c2ccc3ncc(N4CCN(c5ccncc5)CC4)nc3c2)cc1-c1ccccc1. The highest BCUT2D eigenvalue weighted by molar-refractivity contribution is 5.96. The van der Waals surface area contributed by atoms with Gasteiger partial charge in [0.05, 0.1) is 17.2 Å². The lowest BCUT2D eigenvalue weighted by molar-refractivity contribution is -0.115. The van der Waals surface area contributed by atoms with Crippen LogP contribution < -0.4 is 15.1 Å². The number of rotatable bonds is 6. The van der Waals surface area contributed by atoms with Gasteiger partial charge in [-0.15, -0.1) is 0 Å². The minimum Gasteiger partial charge on any atom is -0.368 e. The van der Waals surface area contributed by atoms with Crippen LogP contribution in [0.3, 0.4) is 0 Å². The van der Waals surface area contributed by atoms with Gasteiger partial charge >= 0.3 is 0 Å². The first kappa shape index (κ1) is 24.6. The Hall–Kier alpha value is -4.78. The molecule has 1 saturated heterocycles. The van der Waals surface area contributed by atoms with E-state index in [1.54, 1.807) is 0 Å². The molecule has 0 radical (unpaired) electrons. The Balaban J connectivity index is 1.28. The maximum absolute atomic E-state index is 12.2. The second-order valence-electron chi connectivity index (χ2n) is 9.64. The van der Waals surface area contributed by atoms with Crippen molar-refractivity contribution in [2.45, 2.75) is 13.3 Å². The first-order valence-corrected chi connectivity index (χ1v) is 13.3. The summed E-state index contributed by atoms with van der Waals surface area (Å²) in [6, 6.07) is 26.6. The Morgan fingerprint density at radius 3 is 2.28 bits per heavy atom. The van der Waals surface area contributed by atoms with Crippen LogP contribution in [0.1, 0.15) is 13.3 Å². The number of carbonyl (C=O) groups is 1. The molecule has 0 unspecified atom stereocenters. The van der Waals surface area contributed by atoms with Gasteiger partial charge in [0.2, 0.25) is 5.91 Å². The minimum absolute atomic E-state index is 0.00458. The summed E-state index contributed by atoms with van der Waals surface area (Å²) in [6.45, 7) is 5.47. The van der Waals surface area contributed by atoms with Crippen molar-refractivity contribution in [3.63, 3.8) is 0 Å². The summed E-state index contributed by atoms with van der Waals surface area (Å²) in [4.78, 5) is 30.7. The van der Waals surface area contributed by atoms with Crippen molar-refractivity contribution < 1.29 is 4.79 Å². The monoisotopic (exact) mass is 514 g/mol. The topological polar surface area (TPSA) is 74.2 Å². The number of pyridine rings is 1. The van der Waals surface area contributed by atoms with E-state index in [2.05, 4.69) is 68.6 Å². The lowest BCUT2D eigenvalue weighted by atomic mass is 9.97. The van der Waals surface area contributed by atoms with Gasteiger partial charge in [-0.25, -0.2) is 4.98 Å². The van der Waals surface area contributed by atoms with Gasteiger partial charge in [0.15, 0.2) is 0 Å². The molecule has 0 bridgehead atoms. The first-order chi connectivity index (χ1) is 19.2. The van der Waals surface area contributed by atoms with Gasteiger partial charge in [0.25, 0.3) is 0 Å². The van der Waals surface area contributed by atoms with Crippen molar-refractivity contribution >= 4 is 34.1 Å². The molecule has 3 aromatic carbocycles. The summed E-state index contributed by atoms with van der Waals surface area (Å²) in [5, 5.41) is 3.05. The fourth-order valence-corrected chi connectivity index (χ4v) is 5.01. The molecule has 39 heavy (non-hydrogen) atoms. The Morgan fingerprint density at radius 2 is 1.51 bits per heavy atom. The molecule has 0 aliphatic carbocycles. The van der Waals surface area contributed by atoms with Crippen LogP contribution in [0.4, 0.5) is 17.2 Å². The number of hydrogen-bond acceptors (Lipinski definition) is 6. The number of piperazine rings is 1. The molecule has 1 amide bonds. The fraction of sp³-hybridized carbons (Fsp3) is 0.188. The number of hydrogen-bond donors (Lipinski definition) is 1. The quantitative estimate of drug-likeness (QED) is 0.298. The largest absolute Gasteiger partial charge is 0.368 e. The summed E-state index contributed by atoms with van der Waals surface area (Å²) in [5.74, 6) is 0.895. The maximum atomic E-state index is 12.2. The lowest BCUT2D eigenvalue weighted by Gasteiger charge is -2.36. The molecule has 0 saturated carbocycles. The third kappa shape index (κ3) is 5.29. The third-order valence-electron chi connectivity index (χ3n) is 7.19. The van der Waals surface area contributed by atoms with Gasteiger partial charge in [-0.1, -0.05) is 49.4 Å². The Morgan fingerprint density at radius 1 is 0.795 bits per heavy atom. The highest BCUT2D eigenvalue weighted by Gasteiger charge is 2.19. The number of nitrogens with one attached hydrogen (secondary N) is 1. The van der Waals surface area contributed by atoms with Crippen LogP contribution in [-0.4, -0.2) is 47.0 Å². The molecule has 7 heteroatoms. The van der Waals surface area contributed by atoms with E-state index in [9.17, 15) is 4.79 Å². The molecule has 5 aromatic rings. The van der Waals surface area contributed by atoms with E-state index in [-0.39, 0.29) is 5.91 Å². The van der Waals surface area contributed by atoms with Crippen LogP contribution >= 0.6 is 0 Å². The predicted molar refractivity (Wildman–Crippen MR) is 158 cm³/mol. The highest BCUT2D eigenvalue weighted by Crippen LogP contribution is 2.34. The summed E-state index contributed by atoms with van der Waals surface area (Å²) >= 11 is 0. The van der Waals surface area contributed by atoms with Crippen LogP contribution in [0.25, 0.3) is 33.3 Å².